The molecule has 0 saturated carbocycles. The zero-order chi connectivity index (χ0) is 24.5. The van der Waals surface area contributed by atoms with Crippen molar-refractivity contribution in [3.8, 4) is 5.75 Å². The molecule has 0 bridgehead atoms. The molecule has 7 heteroatoms. The number of hydrogen-bond acceptors (Lipinski definition) is 4. The lowest BCUT2D eigenvalue weighted by molar-refractivity contribution is -0.139. The fourth-order valence-electron chi connectivity index (χ4n) is 4.59. The van der Waals surface area contributed by atoms with E-state index in [9.17, 15) is 14.7 Å². The number of rotatable bonds is 6. The van der Waals surface area contributed by atoms with Crippen LogP contribution in [0.3, 0.4) is 0 Å². The number of Topliss-reactive ketones (excluding diaryl/α,β-unsaturated/α-hetero) is 1. The van der Waals surface area contributed by atoms with E-state index in [0.717, 1.165) is 32.3 Å². The zero-order valence-corrected chi connectivity index (χ0v) is 20.6. The summed E-state index contributed by atoms with van der Waals surface area (Å²) < 4.78 is 6.21. The fourth-order valence-corrected chi connectivity index (χ4v) is 4.85. The maximum Gasteiger partial charge on any atom is 0.295 e. The summed E-state index contributed by atoms with van der Waals surface area (Å²) in [7, 11) is 1.62. The van der Waals surface area contributed by atoms with Gasteiger partial charge in [0, 0.05) is 33.7 Å². The highest BCUT2D eigenvalue weighted by molar-refractivity contribution is 9.10. The summed E-state index contributed by atoms with van der Waals surface area (Å²) in [6.07, 6.45) is 2.45. The predicted molar refractivity (Wildman–Crippen MR) is 138 cm³/mol. The molecule has 0 unspecified atom stereocenters. The number of ketones is 1. The Hall–Kier alpha value is -3.84. The molecule has 1 saturated heterocycles. The number of H-pyrrole nitrogens is 1. The van der Waals surface area contributed by atoms with E-state index >= 15 is 0 Å². The lowest BCUT2D eigenvalue weighted by Crippen LogP contribution is -2.31. The van der Waals surface area contributed by atoms with Crippen LogP contribution >= 0.6 is 15.9 Å². The van der Waals surface area contributed by atoms with Crippen LogP contribution < -0.4 is 4.74 Å². The van der Waals surface area contributed by atoms with Gasteiger partial charge in [-0.15, -0.1) is 0 Å². The smallest absolute Gasteiger partial charge is 0.295 e. The van der Waals surface area contributed by atoms with Gasteiger partial charge in [-0.1, -0.05) is 58.4 Å². The van der Waals surface area contributed by atoms with Crippen molar-refractivity contribution in [1.29, 1.82) is 0 Å². The van der Waals surface area contributed by atoms with E-state index in [0.29, 0.717) is 18.5 Å². The molecule has 1 amide bonds. The second-order valence-corrected chi connectivity index (χ2v) is 9.30. The molecule has 2 heterocycles. The van der Waals surface area contributed by atoms with Gasteiger partial charge in [0.05, 0.1) is 18.7 Å². The van der Waals surface area contributed by atoms with Gasteiger partial charge in [-0.05, 0) is 47.9 Å². The largest absolute Gasteiger partial charge is 0.507 e. The molecule has 176 valence electrons. The molecule has 6 nitrogen and oxygen atoms in total. The van der Waals surface area contributed by atoms with Crippen molar-refractivity contribution < 1.29 is 19.4 Å². The van der Waals surface area contributed by atoms with Crippen LogP contribution in [0.2, 0.25) is 0 Å². The maximum absolute atomic E-state index is 13.2. The number of carbonyl (C=O) groups excluding carboxylic acids is 2. The molecule has 4 aromatic rings. The summed E-state index contributed by atoms with van der Waals surface area (Å²) in [5.41, 5.74) is 3.34. The number of likely N-dealkylation sites (tertiary alicyclic amines) is 1. The molecular formula is C28H23BrN2O4. The Morgan fingerprint density at radius 2 is 1.80 bits per heavy atom. The summed E-state index contributed by atoms with van der Waals surface area (Å²) in [6.45, 7) is 0.311. The number of hydrogen-bond donors (Lipinski definition) is 2. The Morgan fingerprint density at radius 3 is 2.51 bits per heavy atom. The molecule has 5 rings (SSSR count). The molecule has 1 aliphatic heterocycles. The highest BCUT2D eigenvalue weighted by atomic mass is 79.9. The van der Waals surface area contributed by atoms with E-state index in [-0.39, 0.29) is 11.3 Å². The number of carbonyl (C=O) groups is 2. The second-order valence-electron chi connectivity index (χ2n) is 8.39. The van der Waals surface area contributed by atoms with Gasteiger partial charge in [-0.25, -0.2) is 0 Å². The lowest BCUT2D eigenvalue weighted by atomic mass is 9.95. The number of amides is 1. The first-order valence-corrected chi connectivity index (χ1v) is 12.0. The number of aromatic nitrogens is 1. The summed E-state index contributed by atoms with van der Waals surface area (Å²) in [6, 6.07) is 21.5. The number of aliphatic hydroxyl groups excluding tert-OH is 1. The molecule has 1 aliphatic rings. The number of halogens is 1. The topological polar surface area (TPSA) is 82.6 Å². The maximum atomic E-state index is 13.2. The molecule has 1 fully saturated rings. The van der Waals surface area contributed by atoms with Gasteiger partial charge in [-0.3, -0.25) is 9.59 Å². The molecule has 0 spiro atoms. The minimum atomic E-state index is -0.681. The zero-order valence-electron chi connectivity index (χ0n) is 19.0. The minimum Gasteiger partial charge on any atom is -0.507 e. The Balaban J connectivity index is 1.54. The molecule has 1 atom stereocenters. The standard InChI is InChI=1S/C28H23BrN2O4/c1-35-21-11-12-23-22(15-21)19(16-30-23)13-14-31-25(17-5-3-2-4-6-17)24(27(33)28(31)34)26(32)18-7-9-20(29)10-8-18/h2-12,15-16,25,30,32H,13-14H2,1H3/t25-/m1/s1. The van der Waals surface area contributed by atoms with Gasteiger partial charge in [0.1, 0.15) is 11.5 Å². The first-order chi connectivity index (χ1) is 17.0. The van der Waals surface area contributed by atoms with Gasteiger partial charge < -0.3 is 19.7 Å². The number of ether oxygens (including phenoxy) is 1. The number of fused-ring (bicyclic) bond motifs is 1. The van der Waals surface area contributed by atoms with Gasteiger partial charge in [-0.2, -0.15) is 0 Å². The predicted octanol–water partition coefficient (Wildman–Crippen LogP) is 5.60. The average molecular weight is 531 g/mol. The molecular weight excluding hydrogens is 508 g/mol. The Bertz CT molecular complexity index is 1440. The van der Waals surface area contributed by atoms with E-state index < -0.39 is 17.7 Å². The Labute approximate surface area is 211 Å². The first kappa shape index (κ1) is 22.9. The van der Waals surface area contributed by atoms with Crippen molar-refractivity contribution in [2.45, 2.75) is 12.5 Å². The summed E-state index contributed by atoms with van der Waals surface area (Å²) in [5, 5.41) is 12.2. The molecule has 0 aliphatic carbocycles. The average Bonchev–Trinajstić information content (AvgIpc) is 3.40. The third-order valence-electron chi connectivity index (χ3n) is 6.37. The van der Waals surface area contributed by atoms with E-state index in [2.05, 4.69) is 20.9 Å². The Morgan fingerprint density at radius 1 is 1.06 bits per heavy atom. The fraction of sp³-hybridized carbons (Fsp3) is 0.143. The highest BCUT2D eigenvalue weighted by Crippen LogP contribution is 2.39. The van der Waals surface area contributed by atoms with Gasteiger partial charge in [0.2, 0.25) is 0 Å². The van der Waals surface area contributed by atoms with Gasteiger partial charge in [0.15, 0.2) is 0 Å². The second kappa shape index (κ2) is 9.43. The van der Waals surface area contributed by atoms with Crippen LogP contribution in [-0.4, -0.2) is 40.3 Å². The minimum absolute atomic E-state index is 0.101. The summed E-state index contributed by atoms with van der Waals surface area (Å²) in [5.74, 6) is -0.726. The van der Waals surface area contributed by atoms with Gasteiger partial charge in [0.25, 0.3) is 11.7 Å². The van der Waals surface area contributed by atoms with E-state index in [4.69, 9.17) is 4.74 Å². The van der Waals surface area contributed by atoms with Crippen molar-refractivity contribution in [3.63, 3.8) is 0 Å². The van der Waals surface area contributed by atoms with Crippen LogP contribution in [0.5, 0.6) is 5.75 Å². The monoisotopic (exact) mass is 530 g/mol. The Kier molecular flexibility index (Phi) is 6.17. The first-order valence-electron chi connectivity index (χ1n) is 11.2. The van der Waals surface area contributed by atoms with Crippen LogP contribution in [0, 0.1) is 0 Å². The van der Waals surface area contributed by atoms with E-state index in [1.54, 1.807) is 36.3 Å². The van der Waals surface area contributed by atoms with Crippen molar-refractivity contribution in [1.82, 2.24) is 9.88 Å². The summed E-state index contributed by atoms with van der Waals surface area (Å²) >= 11 is 3.39. The number of nitrogens with zero attached hydrogens (tertiary/aromatic N) is 1. The normalized spacial score (nSPS) is 17.3. The van der Waals surface area contributed by atoms with Crippen LogP contribution in [0.25, 0.3) is 16.7 Å². The number of nitrogens with one attached hydrogen (secondary N) is 1. The van der Waals surface area contributed by atoms with Gasteiger partial charge >= 0.3 is 0 Å². The molecule has 3 aromatic carbocycles. The van der Waals surface area contributed by atoms with Crippen LogP contribution in [-0.2, 0) is 16.0 Å². The number of aromatic amines is 1. The molecule has 2 N–H and O–H groups in total. The third kappa shape index (κ3) is 4.23. The lowest BCUT2D eigenvalue weighted by Gasteiger charge is -2.25. The van der Waals surface area contributed by atoms with Crippen molar-refractivity contribution in [2.75, 3.05) is 13.7 Å². The van der Waals surface area contributed by atoms with Crippen LogP contribution in [0.15, 0.2) is 89.0 Å². The van der Waals surface area contributed by atoms with Crippen LogP contribution in [0.1, 0.15) is 22.7 Å². The molecule has 1 aromatic heterocycles. The van der Waals surface area contributed by atoms with E-state index in [1.165, 1.54) is 0 Å². The summed E-state index contributed by atoms with van der Waals surface area (Å²) in [4.78, 5) is 31.2. The number of methoxy groups -OCH3 is 1. The van der Waals surface area contributed by atoms with E-state index in [1.807, 2.05) is 54.7 Å². The molecule has 35 heavy (non-hydrogen) atoms. The number of benzene rings is 3. The SMILES string of the molecule is COc1ccc2[nH]cc(CCN3C(=O)C(=O)C(=C(O)c4ccc(Br)cc4)[C@H]3c3ccccc3)c2c1. The quantitative estimate of drug-likeness (QED) is 0.193. The van der Waals surface area contributed by atoms with Crippen molar-refractivity contribution >= 4 is 44.3 Å². The molecule has 0 radical (unpaired) electrons. The third-order valence-corrected chi connectivity index (χ3v) is 6.90. The van der Waals surface area contributed by atoms with Crippen molar-refractivity contribution in [3.05, 3.63) is 106 Å². The van der Waals surface area contributed by atoms with Crippen LogP contribution in [0.4, 0.5) is 0 Å². The van der Waals surface area contributed by atoms with Crippen molar-refractivity contribution in [2.24, 2.45) is 0 Å². The number of aliphatic hydroxyl groups is 1. The highest BCUT2D eigenvalue weighted by Gasteiger charge is 2.45.